The van der Waals surface area contributed by atoms with Crippen LogP contribution in [0.4, 0.5) is 0 Å². The third-order valence-corrected chi connectivity index (χ3v) is 9.67. The van der Waals surface area contributed by atoms with E-state index in [-0.39, 0.29) is 35.6 Å². The number of thioether (sulfide) groups is 1. The lowest BCUT2D eigenvalue weighted by atomic mass is 9.70. The molecule has 1 spiro atoms. The van der Waals surface area contributed by atoms with Crippen molar-refractivity contribution in [2.24, 2.45) is 11.8 Å². The van der Waals surface area contributed by atoms with Crippen LogP contribution in [0.1, 0.15) is 53.4 Å². The number of rotatable bonds is 12. The Morgan fingerprint density at radius 3 is 2.44 bits per heavy atom. The van der Waals surface area contributed by atoms with E-state index in [1.165, 1.54) is 0 Å². The summed E-state index contributed by atoms with van der Waals surface area (Å²) in [6, 6.07) is -1.19. The Morgan fingerprint density at radius 2 is 1.91 bits per heavy atom. The third kappa shape index (κ3) is 4.21. The van der Waals surface area contributed by atoms with Crippen LogP contribution >= 0.6 is 11.8 Å². The molecule has 0 aromatic heterocycles. The molecule has 3 aliphatic rings. The molecule has 2 unspecified atom stereocenters. The lowest BCUT2D eigenvalue weighted by Crippen LogP contribution is -2.58. The number of amides is 3. The first-order chi connectivity index (χ1) is 16.2. The molecule has 3 fully saturated rings. The summed E-state index contributed by atoms with van der Waals surface area (Å²) in [6.45, 7) is 16.8. The van der Waals surface area contributed by atoms with Crippen molar-refractivity contribution in [3.05, 3.63) is 25.3 Å². The molecule has 2 bridgehead atoms. The first kappa shape index (κ1) is 26.8. The second kappa shape index (κ2) is 10.9. The van der Waals surface area contributed by atoms with Crippen molar-refractivity contribution in [1.82, 2.24) is 14.7 Å². The minimum Gasteiger partial charge on any atom is -0.394 e. The molecule has 3 aliphatic heterocycles. The Morgan fingerprint density at radius 1 is 1.24 bits per heavy atom. The number of carbonyl (C=O) groups is 3. The van der Waals surface area contributed by atoms with E-state index < -0.39 is 28.7 Å². The van der Waals surface area contributed by atoms with Crippen LogP contribution in [0.3, 0.4) is 0 Å². The van der Waals surface area contributed by atoms with Crippen molar-refractivity contribution in [2.75, 3.05) is 26.2 Å². The monoisotopic (exact) mass is 491 g/mol. The fourth-order valence-electron chi connectivity index (χ4n) is 6.24. The molecule has 8 heteroatoms. The Kier molecular flexibility index (Phi) is 8.56. The lowest BCUT2D eigenvalue weighted by Gasteiger charge is -2.40. The number of fused-ring (bicyclic) bond motifs is 1. The van der Waals surface area contributed by atoms with Crippen LogP contribution in [0.2, 0.25) is 0 Å². The number of carbonyl (C=O) groups excluding carboxylic acids is 3. The molecule has 7 nitrogen and oxygen atoms in total. The maximum atomic E-state index is 14.1. The van der Waals surface area contributed by atoms with Crippen molar-refractivity contribution in [3.8, 4) is 0 Å². The summed E-state index contributed by atoms with van der Waals surface area (Å²) in [5.74, 6) is -1.24. The third-order valence-electron chi connectivity index (χ3n) is 7.72. The smallest absolute Gasteiger partial charge is 0.247 e. The molecule has 0 aromatic rings. The summed E-state index contributed by atoms with van der Waals surface area (Å²) in [7, 11) is 0. The van der Waals surface area contributed by atoms with Gasteiger partial charge >= 0.3 is 0 Å². The highest BCUT2D eigenvalue weighted by Gasteiger charge is 2.74. The average Bonchev–Trinajstić information content (AvgIpc) is 3.45. The van der Waals surface area contributed by atoms with Crippen LogP contribution < -0.4 is 0 Å². The predicted molar refractivity (Wildman–Crippen MR) is 136 cm³/mol. The van der Waals surface area contributed by atoms with Crippen LogP contribution in [-0.4, -0.2) is 91.9 Å². The molecular formula is C26H41N3O4S. The van der Waals surface area contributed by atoms with Gasteiger partial charge in [0.2, 0.25) is 17.7 Å². The Bertz CT molecular complexity index is 814. The highest BCUT2D eigenvalue weighted by atomic mass is 32.2. The first-order valence-corrected chi connectivity index (χ1v) is 13.5. The second-order valence-corrected chi connectivity index (χ2v) is 11.6. The molecule has 190 valence electrons. The maximum Gasteiger partial charge on any atom is 0.247 e. The molecule has 6 atom stereocenters. The van der Waals surface area contributed by atoms with Crippen LogP contribution in [0.15, 0.2) is 25.3 Å². The van der Waals surface area contributed by atoms with Crippen molar-refractivity contribution >= 4 is 29.5 Å². The molecule has 3 heterocycles. The van der Waals surface area contributed by atoms with Crippen molar-refractivity contribution in [3.63, 3.8) is 0 Å². The van der Waals surface area contributed by atoms with Gasteiger partial charge in [-0.2, -0.15) is 0 Å². The number of nitrogens with zero attached hydrogens (tertiary/aromatic N) is 3. The van der Waals surface area contributed by atoms with E-state index in [0.717, 1.165) is 19.3 Å². The van der Waals surface area contributed by atoms with E-state index in [2.05, 4.69) is 13.2 Å². The van der Waals surface area contributed by atoms with Gasteiger partial charge in [-0.1, -0.05) is 26.0 Å². The average molecular weight is 492 g/mol. The summed E-state index contributed by atoms with van der Waals surface area (Å²) in [4.78, 5) is 47.2. The number of aliphatic hydroxyl groups is 1. The SMILES string of the molecule is C=CCN(CCC)C(=O)[C@@H]1[C@H]2C(=O)N([C@@H](CC)CO)C(C(=O)N(CC=C)C(C)C)C23CC[C@H]1S3. The van der Waals surface area contributed by atoms with E-state index >= 15 is 0 Å². The summed E-state index contributed by atoms with van der Waals surface area (Å²) in [5, 5.41) is 10.2. The van der Waals surface area contributed by atoms with E-state index in [4.69, 9.17) is 0 Å². The Labute approximate surface area is 208 Å². The van der Waals surface area contributed by atoms with Gasteiger partial charge in [-0.25, -0.2) is 0 Å². The normalized spacial score (nSPS) is 30.4. The second-order valence-electron chi connectivity index (χ2n) is 9.99. The molecule has 0 saturated carbocycles. The van der Waals surface area contributed by atoms with Gasteiger partial charge in [0.15, 0.2) is 0 Å². The van der Waals surface area contributed by atoms with Gasteiger partial charge in [-0.05, 0) is 39.5 Å². The van der Waals surface area contributed by atoms with Gasteiger partial charge in [0.05, 0.1) is 29.2 Å². The molecule has 0 radical (unpaired) electrons. The largest absolute Gasteiger partial charge is 0.394 e. The fourth-order valence-corrected chi connectivity index (χ4v) is 8.43. The highest BCUT2D eigenvalue weighted by Crippen LogP contribution is 2.67. The Hall–Kier alpha value is -1.80. The van der Waals surface area contributed by atoms with Crippen molar-refractivity contribution in [2.45, 2.75) is 81.5 Å². The molecular weight excluding hydrogens is 450 g/mol. The minimum atomic E-state index is -0.684. The molecule has 0 aromatic carbocycles. The van der Waals surface area contributed by atoms with Crippen LogP contribution in [0.5, 0.6) is 0 Å². The van der Waals surface area contributed by atoms with Gasteiger partial charge in [-0.3, -0.25) is 14.4 Å². The molecule has 3 amide bonds. The topological polar surface area (TPSA) is 81.2 Å². The molecule has 3 rings (SSSR count). The summed E-state index contributed by atoms with van der Waals surface area (Å²) < 4.78 is -0.637. The number of likely N-dealkylation sites (tertiary alicyclic amines) is 1. The van der Waals surface area contributed by atoms with Crippen LogP contribution in [0.25, 0.3) is 0 Å². The molecule has 1 N–H and O–H groups in total. The highest BCUT2D eigenvalue weighted by molar-refractivity contribution is 8.02. The summed E-state index contributed by atoms with van der Waals surface area (Å²) >= 11 is 1.68. The maximum absolute atomic E-state index is 14.1. The number of aliphatic hydroxyl groups excluding tert-OH is 1. The van der Waals surface area contributed by atoms with Crippen LogP contribution in [0, 0.1) is 11.8 Å². The van der Waals surface area contributed by atoms with Gasteiger partial charge in [0.25, 0.3) is 0 Å². The Balaban J connectivity index is 2.08. The zero-order valence-electron chi connectivity index (χ0n) is 21.1. The van der Waals surface area contributed by atoms with E-state index in [1.807, 2.05) is 27.7 Å². The van der Waals surface area contributed by atoms with Crippen molar-refractivity contribution in [1.29, 1.82) is 0 Å². The zero-order valence-corrected chi connectivity index (χ0v) is 21.9. The van der Waals surface area contributed by atoms with E-state index in [1.54, 1.807) is 38.6 Å². The fraction of sp³-hybridized carbons (Fsp3) is 0.731. The number of hydrogen-bond donors (Lipinski definition) is 1. The molecule has 34 heavy (non-hydrogen) atoms. The molecule has 0 aliphatic carbocycles. The van der Waals surface area contributed by atoms with E-state index in [0.29, 0.717) is 26.1 Å². The predicted octanol–water partition coefficient (Wildman–Crippen LogP) is 2.70. The van der Waals surface area contributed by atoms with Crippen LogP contribution in [-0.2, 0) is 14.4 Å². The lowest BCUT2D eigenvalue weighted by molar-refractivity contribution is -0.147. The first-order valence-electron chi connectivity index (χ1n) is 12.7. The summed E-state index contributed by atoms with van der Waals surface area (Å²) in [5.41, 5.74) is 0. The molecule has 3 saturated heterocycles. The van der Waals surface area contributed by atoms with Gasteiger partial charge in [-0.15, -0.1) is 24.9 Å². The quantitative estimate of drug-likeness (QED) is 0.425. The standard InChI is InChI=1S/C26H41N3O4S/c1-7-13-27(14-8-2)23(31)20-19-11-12-26(34-19)21(20)24(32)29(18(10-4)16-30)22(26)25(33)28(15-9-3)17(5)6/h7,9,17-22,30H,1,3,8,10-16H2,2,4-6H3/t18-,19+,20-,21-,22?,26?/m0/s1. The van der Waals surface area contributed by atoms with Crippen molar-refractivity contribution < 1.29 is 19.5 Å². The van der Waals surface area contributed by atoms with Gasteiger partial charge < -0.3 is 19.8 Å². The van der Waals surface area contributed by atoms with E-state index in [9.17, 15) is 19.5 Å². The van der Waals surface area contributed by atoms with Gasteiger partial charge in [0, 0.05) is 30.9 Å². The minimum absolute atomic E-state index is 0.00363. The summed E-state index contributed by atoms with van der Waals surface area (Å²) in [6.07, 6.45) is 6.36. The number of hydrogen-bond acceptors (Lipinski definition) is 5. The van der Waals surface area contributed by atoms with Gasteiger partial charge in [0.1, 0.15) is 6.04 Å². The zero-order chi connectivity index (χ0) is 25.2.